The minimum absolute atomic E-state index is 0.0451. The molecule has 4 heteroatoms. The van der Waals surface area contributed by atoms with Gasteiger partial charge >= 0.3 is 0 Å². The molecular weight excluding hydrogens is 269 g/mol. The normalized spacial score (nSPS) is 21.0. The lowest BCUT2D eigenvalue weighted by molar-refractivity contribution is 0.0784. The first-order valence-corrected chi connectivity index (χ1v) is 7.21. The van der Waals surface area contributed by atoms with Gasteiger partial charge in [-0.2, -0.15) is 0 Å². The van der Waals surface area contributed by atoms with E-state index in [0.717, 1.165) is 13.1 Å². The standard InChI is InChI=1S/C17H20FNO2/c1-12-10-19(11-13(12)2)17(21)15-7-6-14(16(18)9-15)5-3-4-8-20/h6-7,9,12-13,20H,4,8,10-11H2,1-2H3. The molecule has 0 aliphatic carbocycles. The third kappa shape index (κ3) is 3.62. The molecule has 0 aromatic heterocycles. The second-order valence-corrected chi connectivity index (χ2v) is 5.63. The molecule has 2 rings (SSSR count). The first kappa shape index (κ1) is 15.5. The molecule has 0 spiro atoms. The van der Waals surface area contributed by atoms with Gasteiger partial charge in [0.25, 0.3) is 5.91 Å². The molecule has 1 amide bonds. The van der Waals surface area contributed by atoms with E-state index < -0.39 is 5.82 Å². The fraction of sp³-hybridized carbons (Fsp3) is 0.471. The maximum Gasteiger partial charge on any atom is 0.253 e. The third-order valence-electron chi connectivity index (χ3n) is 3.95. The van der Waals surface area contributed by atoms with Crippen LogP contribution in [0.15, 0.2) is 18.2 Å². The molecule has 0 bridgehead atoms. The molecule has 0 radical (unpaired) electrons. The van der Waals surface area contributed by atoms with Crippen molar-refractivity contribution in [1.29, 1.82) is 0 Å². The number of likely N-dealkylation sites (tertiary alicyclic amines) is 1. The van der Waals surface area contributed by atoms with Gasteiger partial charge in [-0.3, -0.25) is 4.79 Å². The Labute approximate surface area is 124 Å². The van der Waals surface area contributed by atoms with Crippen molar-refractivity contribution >= 4 is 5.91 Å². The summed E-state index contributed by atoms with van der Waals surface area (Å²) in [7, 11) is 0. The summed E-state index contributed by atoms with van der Waals surface area (Å²) in [6, 6.07) is 4.39. The van der Waals surface area contributed by atoms with Crippen molar-refractivity contribution in [1.82, 2.24) is 4.90 Å². The average molecular weight is 289 g/mol. The molecule has 1 saturated heterocycles. The molecule has 1 fully saturated rings. The molecule has 1 aliphatic heterocycles. The van der Waals surface area contributed by atoms with E-state index in [0.29, 0.717) is 23.8 Å². The average Bonchev–Trinajstić information content (AvgIpc) is 2.80. The molecule has 112 valence electrons. The van der Waals surface area contributed by atoms with E-state index in [-0.39, 0.29) is 18.1 Å². The summed E-state index contributed by atoms with van der Waals surface area (Å²) in [5.41, 5.74) is 0.615. The number of hydrogen-bond acceptors (Lipinski definition) is 2. The highest BCUT2D eigenvalue weighted by Crippen LogP contribution is 2.24. The molecule has 0 saturated carbocycles. The van der Waals surface area contributed by atoms with Gasteiger partial charge in [0, 0.05) is 25.1 Å². The number of aliphatic hydroxyl groups is 1. The predicted octanol–water partition coefficient (Wildman–Crippen LogP) is 2.29. The summed E-state index contributed by atoms with van der Waals surface area (Å²) in [4.78, 5) is 14.1. The number of nitrogens with zero attached hydrogens (tertiary/aromatic N) is 1. The van der Waals surface area contributed by atoms with Gasteiger partial charge in [-0.05, 0) is 30.0 Å². The Balaban J connectivity index is 2.13. The number of rotatable bonds is 2. The maximum absolute atomic E-state index is 13.9. The van der Waals surface area contributed by atoms with Crippen LogP contribution in [0.5, 0.6) is 0 Å². The highest BCUT2D eigenvalue weighted by Gasteiger charge is 2.30. The molecule has 1 aliphatic rings. The molecule has 21 heavy (non-hydrogen) atoms. The van der Waals surface area contributed by atoms with Crippen LogP contribution in [-0.2, 0) is 0 Å². The summed E-state index contributed by atoms with van der Waals surface area (Å²) < 4.78 is 13.9. The zero-order valence-electron chi connectivity index (χ0n) is 12.4. The van der Waals surface area contributed by atoms with Crippen molar-refractivity contribution in [3.63, 3.8) is 0 Å². The minimum Gasteiger partial charge on any atom is -0.395 e. The van der Waals surface area contributed by atoms with Crippen molar-refractivity contribution in [2.24, 2.45) is 11.8 Å². The van der Waals surface area contributed by atoms with Crippen molar-refractivity contribution < 1.29 is 14.3 Å². The zero-order valence-corrected chi connectivity index (χ0v) is 12.4. The molecule has 1 heterocycles. The topological polar surface area (TPSA) is 40.5 Å². The Bertz CT molecular complexity index is 578. The van der Waals surface area contributed by atoms with E-state index in [9.17, 15) is 9.18 Å². The summed E-state index contributed by atoms with van der Waals surface area (Å²) in [5, 5.41) is 8.65. The summed E-state index contributed by atoms with van der Waals surface area (Å²) in [6.07, 6.45) is 0.309. The van der Waals surface area contributed by atoms with Gasteiger partial charge in [0.2, 0.25) is 0 Å². The van der Waals surface area contributed by atoms with Crippen molar-refractivity contribution in [2.75, 3.05) is 19.7 Å². The SMILES string of the molecule is CC1CN(C(=O)c2ccc(C#CCCO)c(F)c2)CC1C. The van der Waals surface area contributed by atoms with Crippen molar-refractivity contribution in [2.45, 2.75) is 20.3 Å². The summed E-state index contributed by atoms with van der Waals surface area (Å²) >= 11 is 0. The van der Waals surface area contributed by atoms with Gasteiger partial charge in [-0.15, -0.1) is 0 Å². The van der Waals surface area contributed by atoms with E-state index in [1.807, 2.05) is 0 Å². The predicted molar refractivity (Wildman–Crippen MR) is 79.2 cm³/mol. The van der Waals surface area contributed by atoms with E-state index in [1.165, 1.54) is 12.1 Å². The van der Waals surface area contributed by atoms with Crippen LogP contribution in [0.3, 0.4) is 0 Å². The van der Waals surface area contributed by atoms with E-state index in [4.69, 9.17) is 5.11 Å². The second kappa shape index (κ2) is 6.73. The van der Waals surface area contributed by atoms with Gasteiger partial charge in [-0.25, -0.2) is 4.39 Å². The number of amides is 1. The van der Waals surface area contributed by atoms with Crippen LogP contribution in [-0.4, -0.2) is 35.6 Å². The Morgan fingerprint density at radius 2 is 2.05 bits per heavy atom. The van der Waals surface area contributed by atoms with Crippen LogP contribution in [0.2, 0.25) is 0 Å². The number of benzene rings is 1. The largest absolute Gasteiger partial charge is 0.395 e. The number of halogens is 1. The first-order valence-electron chi connectivity index (χ1n) is 7.21. The van der Waals surface area contributed by atoms with Gasteiger partial charge in [0.15, 0.2) is 0 Å². The first-order chi connectivity index (χ1) is 10.0. The lowest BCUT2D eigenvalue weighted by Gasteiger charge is -2.16. The summed E-state index contributed by atoms with van der Waals surface area (Å²) in [5.74, 6) is 5.66. The quantitative estimate of drug-likeness (QED) is 0.849. The van der Waals surface area contributed by atoms with Crippen molar-refractivity contribution in [3.8, 4) is 11.8 Å². The van der Waals surface area contributed by atoms with Gasteiger partial charge in [0.05, 0.1) is 12.2 Å². The number of carbonyl (C=O) groups is 1. The smallest absolute Gasteiger partial charge is 0.253 e. The van der Waals surface area contributed by atoms with Gasteiger partial charge in [-0.1, -0.05) is 25.7 Å². The van der Waals surface area contributed by atoms with E-state index in [1.54, 1.807) is 11.0 Å². The Morgan fingerprint density at radius 3 is 2.62 bits per heavy atom. The lowest BCUT2D eigenvalue weighted by Crippen LogP contribution is -2.28. The monoisotopic (exact) mass is 289 g/mol. The molecule has 3 nitrogen and oxygen atoms in total. The molecule has 1 aromatic rings. The minimum atomic E-state index is -0.494. The number of carbonyl (C=O) groups excluding carboxylic acids is 1. The third-order valence-corrected chi connectivity index (χ3v) is 3.95. The van der Waals surface area contributed by atoms with Crippen LogP contribution in [0.1, 0.15) is 36.2 Å². The highest BCUT2D eigenvalue weighted by atomic mass is 19.1. The van der Waals surface area contributed by atoms with Gasteiger partial charge in [0.1, 0.15) is 5.82 Å². The molecule has 2 atom stereocenters. The molecular formula is C17H20FNO2. The van der Waals surface area contributed by atoms with Crippen LogP contribution in [0, 0.1) is 29.5 Å². The Morgan fingerprint density at radius 1 is 1.38 bits per heavy atom. The lowest BCUT2D eigenvalue weighted by atomic mass is 10.0. The highest BCUT2D eigenvalue weighted by molar-refractivity contribution is 5.94. The molecule has 1 aromatic carbocycles. The Kier molecular flexibility index (Phi) is 4.98. The molecule has 2 unspecified atom stereocenters. The van der Waals surface area contributed by atoms with Crippen LogP contribution < -0.4 is 0 Å². The second-order valence-electron chi connectivity index (χ2n) is 5.63. The van der Waals surface area contributed by atoms with Gasteiger partial charge < -0.3 is 10.0 Å². The zero-order chi connectivity index (χ0) is 15.4. The number of hydrogen-bond donors (Lipinski definition) is 1. The van der Waals surface area contributed by atoms with E-state index >= 15 is 0 Å². The fourth-order valence-electron chi connectivity index (χ4n) is 2.44. The van der Waals surface area contributed by atoms with Crippen molar-refractivity contribution in [3.05, 3.63) is 35.1 Å². The van der Waals surface area contributed by atoms with Crippen LogP contribution in [0.25, 0.3) is 0 Å². The summed E-state index contributed by atoms with van der Waals surface area (Å²) in [6.45, 7) is 5.65. The number of aliphatic hydroxyl groups excluding tert-OH is 1. The maximum atomic E-state index is 13.9. The fourth-order valence-corrected chi connectivity index (χ4v) is 2.44. The Hall–Kier alpha value is -1.86. The van der Waals surface area contributed by atoms with Crippen LogP contribution in [0.4, 0.5) is 4.39 Å². The van der Waals surface area contributed by atoms with Crippen LogP contribution >= 0.6 is 0 Å². The van der Waals surface area contributed by atoms with E-state index in [2.05, 4.69) is 25.7 Å². The molecule has 1 N–H and O–H groups in total.